The minimum Gasteiger partial charge on any atom is -0.372 e. The van der Waals surface area contributed by atoms with E-state index in [0.717, 1.165) is 5.56 Å². The number of halogens is 1. The van der Waals surface area contributed by atoms with Crippen LogP contribution in [0.1, 0.15) is 19.4 Å². The van der Waals surface area contributed by atoms with Gasteiger partial charge in [0.15, 0.2) is 11.2 Å². The number of fused-ring (bicyclic) bond motifs is 1. The van der Waals surface area contributed by atoms with Gasteiger partial charge in [0.2, 0.25) is 5.95 Å². The topological polar surface area (TPSA) is 74.3 Å². The molecule has 0 radical (unpaired) electrons. The second kappa shape index (κ2) is 7.35. The highest BCUT2D eigenvalue weighted by molar-refractivity contribution is 6.30. The van der Waals surface area contributed by atoms with Crippen LogP contribution < -0.4 is 16.1 Å². The Morgan fingerprint density at radius 3 is 2.31 bits per heavy atom. The van der Waals surface area contributed by atoms with Crippen molar-refractivity contribution in [3.05, 3.63) is 55.7 Å². The number of rotatable bonds is 3. The second-order valence-corrected chi connectivity index (χ2v) is 8.10. The Bertz CT molecular complexity index is 1170. The monoisotopic (exact) mass is 417 g/mol. The van der Waals surface area contributed by atoms with Crippen LogP contribution in [0.15, 0.2) is 33.9 Å². The number of hydrogen-bond donors (Lipinski definition) is 0. The van der Waals surface area contributed by atoms with Gasteiger partial charge in [-0.2, -0.15) is 4.98 Å². The lowest BCUT2D eigenvalue weighted by Gasteiger charge is -2.35. The van der Waals surface area contributed by atoms with Crippen LogP contribution in [0.5, 0.6) is 0 Å². The summed E-state index contributed by atoms with van der Waals surface area (Å²) in [5, 5.41) is 0.606. The average molecular weight is 418 g/mol. The second-order valence-electron chi connectivity index (χ2n) is 7.66. The maximum atomic E-state index is 13.2. The summed E-state index contributed by atoms with van der Waals surface area (Å²) in [5.41, 5.74) is 0.866. The molecular formula is C20H24ClN5O3. The van der Waals surface area contributed by atoms with E-state index in [1.165, 1.54) is 9.13 Å². The first kappa shape index (κ1) is 19.7. The Balaban J connectivity index is 1.84. The molecule has 154 valence electrons. The minimum absolute atomic E-state index is 0.0592. The molecule has 1 aliphatic rings. The summed E-state index contributed by atoms with van der Waals surface area (Å²) < 4.78 is 10.3. The predicted octanol–water partition coefficient (Wildman–Crippen LogP) is 1.75. The van der Waals surface area contributed by atoms with Crippen LogP contribution in [-0.4, -0.2) is 44.0 Å². The molecule has 0 bridgehead atoms. The zero-order valence-electron chi connectivity index (χ0n) is 16.9. The first-order chi connectivity index (χ1) is 13.8. The Hall–Kier alpha value is -2.58. The molecule has 2 aromatic heterocycles. The number of morpholine rings is 1. The number of hydrogen-bond acceptors (Lipinski definition) is 5. The van der Waals surface area contributed by atoms with Crippen molar-refractivity contribution in [1.82, 2.24) is 18.7 Å². The summed E-state index contributed by atoms with van der Waals surface area (Å²) >= 11 is 5.94. The van der Waals surface area contributed by atoms with Crippen LogP contribution in [0.25, 0.3) is 11.2 Å². The highest BCUT2D eigenvalue weighted by atomic mass is 35.5. The summed E-state index contributed by atoms with van der Waals surface area (Å²) in [5.74, 6) is 0.665. The van der Waals surface area contributed by atoms with Gasteiger partial charge in [0.25, 0.3) is 5.56 Å². The minimum atomic E-state index is -0.397. The number of aryl methyl sites for hydroxylation is 2. The highest BCUT2D eigenvalue weighted by Gasteiger charge is 2.27. The largest absolute Gasteiger partial charge is 0.372 e. The van der Waals surface area contributed by atoms with E-state index in [4.69, 9.17) is 16.3 Å². The van der Waals surface area contributed by atoms with E-state index in [1.807, 2.05) is 33.0 Å². The smallest absolute Gasteiger partial charge is 0.332 e. The molecule has 3 heterocycles. The molecule has 2 atom stereocenters. The maximum Gasteiger partial charge on any atom is 0.332 e. The van der Waals surface area contributed by atoms with Gasteiger partial charge >= 0.3 is 5.69 Å². The summed E-state index contributed by atoms with van der Waals surface area (Å²) in [7, 11) is 3.46. The molecular weight excluding hydrogens is 394 g/mol. The molecule has 4 rings (SSSR count). The van der Waals surface area contributed by atoms with Gasteiger partial charge < -0.3 is 14.2 Å². The molecule has 8 nitrogen and oxygen atoms in total. The van der Waals surface area contributed by atoms with Crippen molar-refractivity contribution in [3.63, 3.8) is 0 Å². The third kappa shape index (κ3) is 3.47. The van der Waals surface area contributed by atoms with Gasteiger partial charge in [-0.3, -0.25) is 13.9 Å². The number of nitrogens with zero attached hydrogens (tertiary/aromatic N) is 5. The summed E-state index contributed by atoms with van der Waals surface area (Å²) in [6, 6.07) is 7.11. The van der Waals surface area contributed by atoms with E-state index in [0.29, 0.717) is 35.2 Å². The lowest BCUT2D eigenvalue weighted by Crippen LogP contribution is -2.46. The van der Waals surface area contributed by atoms with Gasteiger partial charge in [0.1, 0.15) is 0 Å². The number of aromatic nitrogens is 4. The molecule has 1 aliphatic heterocycles. The normalized spacial score (nSPS) is 19.8. The molecule has 0 spiro atoms. The van der Waals surface area contributed by atoms with Crippen LogP contribution in [0.3, 0.4) is 0 Å². The van der Waals surface area contributed by atoms with E-state index >= 15 is 0 Å². The van der Waals surface area contributed by atoms with E-state index in [1.54, 1.807) is 23.7 Å². The van der Waals surface area contributed by atoms with Crippen LogP contribution in [-0.2, 0) is 25.4 Å². The molecule has 3 aromatic rings. The average Bonchev–Trinajstić information content (AvgIpc) is 3.02. The molecule has 0 N–H and O–H groups in total. The molecule has 0 saturated carbocycles. The van der Waals surface area contributed by atoms with Gasteiger partial charge in [0, 0.05) is 32.2 Å². The summed E-state index contributed by atoms with van der Waals surface area (Å²) in [6.45, 7) is 5.55. The van der Waals surface area contributed by atoms with Gasteiger partial charge in [-0.15, -0.1) is 0 Å². The third-order valence-corrected chi connectivity index (χ3v) is 5.54. The number of anilines is 1. The lowest BCUT2D eigenvalue weighted by atomic mass is 10.2. The fourth-order valence-electron chi connectivity index (χ4n) is 3.97. The van der Waals surface area contributed by atoms with E-state index in [9.17, 15) is 9.59 Å². The van der Waals surface area contributed by atoms with Gasteiger partial charge in [-0.05, 0) is 31.5 Å². The van der Waals surface area contributed by atoms with Crippen LogP contribution in [0.2, 0.25) is 5.02 Å². The molecule has 29 heavy (non-hydrogen) atoms. The summed E-state index contributed by atoms with van der Waals surface area (Å²) in [4.78, 5) is 32.9. The van der Waals surface area contributed by atoms with Crippen molar-refractivity contribution in [3.8, 4) is 0 Å². The van der Waals surface area contributed by atoms with Crippen LogP contribution in [0.4, 0.5) is 5.95 Å². The highest BCUT2D eigenvalue weighted by Crippen LogP contribution is 2.22. The van der Waals surface area contributed by atoms with Crippen LogP contribution >= 0.6 is 11.6 Å². The number of ether oxygens (including phenoxy) is 1. The molecule has 0 aliphatic carbocycles. The van der Waals surface area contributed by atoms with E-state index in [-0.39, 0.29) is 24.3 Å². The Labute approximate surface area is 172 Å². The fraction of sp³-hybridized carbons (Fsp3) is 0.450. The quantitative estimate of drug-likeness (QED) is 0.649. The molecule has 0 amide bonds. The maximum absolute atomic E-state index is 13.2. The van der Waals surface area contributed by atoms with Crippen molar-refractivity contribution < 1.29 is 4.74 Å². The lowest BCUT2D eigenvalue weighted by molar-refractivity contribution is -0.00583. The van der Waals surface area contributed by atoms with Gasteiger partial charge in [-0.1, -0.05) is 23.7 Å². The van der Waals surface area contributed by atoms with Crippen molar-refractivity contribution in [2.24, 2.45) is 14.1 Å². The van der Waals surface area contributed by atoms with Crippen LogP contribution in [0, 0.1) is 0 Å². The standard InChI is InChI=1S/C20H24ClN5O3/c1-12-9-25(10-13(2)29-12)19-22-17-16(23(19)3)18(27)26(20(28)24(17)4)11-14-5-7-15(21)8-6-14/h5-8,12-13H,9-11H2,1-4H3/t12-,13-/m1/s1. The molecule has 0 unspecified atom stereocenters. The first-order valence-electron chi connectivity index (χ1n) is 9.57. The fourth-order valence-corrected chi connectivity index (χ4v) is 4.09. The zero-order chi connectivity index (χ0) is 20.9. The Morgan fingerprint density at radius 1 is 1.07 bits per heavy atom. The van der Waals surface area contributed by atoms with Gasteiger partial charge in [0.05, 0.1) is 18.8 Å². The number of imidazole rings is 1. The predicted molar refractivity (Wildman–Crippen MR) is 113 cm³/mol. The third-order valence-electron chi connectivity index (χ3n) is 5.29. The molecule has 9 heteroatoms. The van der Waals surface area contributed by atoms with Crippen molar-refractivity contribution in [2.45, 2.75) is 32.6 Å². The van der Waals surface area contributed by atoms with Gasteiger partial charge in [-0.25, -0.2) is 4.79 Å². The SMILES string of the molecule is C[C@@H]1CN(c2nc3c(c(=O)n(Cc4ccc(Cl)cc4)c(=O)n3C)n2C)C[C@@H](C)O1. The van der Waals surface area contributed by atoms with Crippen molar-refractivity contribution in [1.29, 1.82) is 0 Å². The summed E-state index contributed by atoms with van der Waals surface area (Å²) in [6.07, 6.45) is 0.118. The molecule has 1 aromatic carbocycles. The number of benzene rings is 1. The molecule has 1 saturated heterocycles. The Morgan fingerprint density at radius 2 is 1.69 bits per heavy atom. The van der Waals surface area contributed by atoms with Crippen molar-refractivity contribution in [2.75, 3.05) is 18.0 Å². The Kier molecular flexibility index (Phi) is 5.00. The van der Waals surface area contributed by atoms with E-state index < -0.39 is 5.69 Å². The van der Waals surface area contributed by atoms with E-state index in [2.05, 4.69) is 9.88 Å². The first-order valence-corrected chi connectivity index (χ1v) is 9.95. The molecule has 1 fully saturated rings. The zero-order valence-corrected chi connectivity index (χ0v) is 17.7. The van der Waals surface area contributed by atoms with Crippen molar-refractivity contribution >= 4 is 28.7 Å².